The Morgan fingerprint density at radius 1 is 1.46 bits per heavy atom. The number of nitrogens with one attached hydrogen (secondary N) is 2. The summed E-state index contributed by atoms with van der Waals surface area (Å²) in [6.07, 6.45) is 3.05. The Kier molecular flexibility index (Phi) is 2.79. The summed E-state index contributed by atoms with van der Waals surface area (Å²) in [5.41, 5.74) is 5.62. The first kappa shape index (κ1) is 9.44. The fourth-order valence-corrected chi connectivity index (χ4v) is 0.837. The maximum Gasteiger partial charge on any atom is 0.144 e. The predicted molar refractivity (Wildman–Crippen MR) is 51.8 cm³/mol. The molecule has 4 N–H and O–H groups in total. The van der Waals surface area contributed by atoms with Gasteiger partial charge in [-0.15, -0.1) is 0 Å². The van der Waals surface area contributed by atoms with Crippen molar-refractivity contribution in [2.24, 2.45) is 5.73 Å². The average molecular weight is 179 g/mol. The number of rotatable bonds is 3. The summed E-state index contributed by atoms with van der Waals surface area (Å²) in [5, 5.41) is 10.2. The van der Waals surface area contributed by atoms with E-state index in [1.165, 1.54) is 6.20 Å². The third-order valence-electron chi connectivity index (χ3n) is 1.36. The number of nitrogens with two attached hydrogens (primary N) is 1. The largest absolute Gasteiger partial charge is 0.382 e. The molecule has 1 rings (SSSR count). The fraction of sp³-hybridized carbons (Fsp3) is 0.375. The lowest BCUT2D eigenvalue weighted by molar-refractivity contribution is 0.885. The topological polar surface area (TPSA) is 87.7 Å². The average Bonchev–Trinajstić information content (AvgIpc) is 2.04. The van der Waals surface area contributed by atoms with Crippen molar-refractivity contribution < 1.29 is 0 Å². The molecule has 70 valence electrons. The first-order valence-electron chi connectivity index (χ1n) is 4.02. The van der Waals surface area contributed by atoms with Gasteiger partial charge >= 0.3 is 0 Å². The maximum atomic E-state index is 7.10. The lowest BCUT2D eigenvalue weighted by Gasteiger charge is -2.07. The molecular formula is C8H13N5. The van der Waals surface area contributed by atoms with Gasteiger partial charge in [0.15, 0.2) is 0 Å². The first-order chi connectivity index (χ1) is 6.09. The van der Waals surface area contributed by atoms with Crippen LogP contribution in [-0.2, 0) is 0 Å². The monoisotopic (exact) mass is 179 g/mol. The predicted octanol–water partition coefficient (Wildman–Crippen LogP) is 0.581. The van der Waals surface area contributed by atoms with Gasteiger partial charge in [0.2, 0.25) is 0 Å². The van der Waals surface area contributed by atoms with Gasteiger partial charge in [0.05, 0.1) is 12.4 Å². The van der Waals surface area contributed by atoms with Crippen molar-refractivity contribution in [3.8, 4) is 0 Å². The molecule has 0 radical (unpaired) electrons. The van der Waals surface area contributed by atoms with Crippen LogP contribution in [0.3, 0.4) is 0 Å². The van der Waals surface area contributed by atoms with E-state index in [0.717, 1.165) is 0 Å². The Bertz CT molecular complexity index is 290. The van der Waals surface area contributed by atoms with E-state index >= 15 is 0 Å². The third-order valence-corrected chi connectivity index (χ3v) is 1.36. The zero-order chi connectivity index (χ0) is 9.84. The second-order valence-electron chi connectivity index (χ2n) is 3.00. The first-order valence-corrected chi connectivity index (χ1v) is 4.02. The lowest BCUT2D eigenvalue weighted by Crippen LogP contribution is -2.15. The van der Waals surface area contributed by atoms with E-state index in [9.17, 15) is 0 Å². The lowest BCUT2D eigenvalue weighted by atomic mass is 10.4. The fourth-order valence-electron chi connectivity index (χ4n) is 0.837. The highest BCUT2D eigenvalue weighted by Gasteiger charge is 2.00. The minimum Gasteiger partial charge on any atom is -0.382 e. The van der Waals surface area contributed by atoms with Crippen molar-refractivity contribution in [2.45, 2.75) is 19.9 Å². The van der Waals surface area contributed by atoms with Crippen LogP contribution < -0.4 is 11.1 Å². The van der Waals surface area contributed by atoms with Crippen molar-refractivity contribution in [3.63, 3.8) is 0 Å². The minimum atomic E-state index is -0.0661. The molecule has 0 unspecified atom stereocenters. The molecule has 0 amide bonds. The van der Waals surface area contributed by atoms with Crippen molar-refractivity contribution in [2.75, 3.05) is 5.32 Å². The maximum absolute atomic E-state index is 7.10. The highest BCUT2D eigenvalue weighted by atomic mass is 15.0. The molecule has 5 nitrogen and oxygen atoms in total. The molecule has 0 aromatic carbocycles. The zero-order valence-electron chi connectivity index (χ0n) is 7.70. The number of nitrogens with zero attached hydrogens (tertiary/aromatic N) is 2. The quantitative estimate of drug-likeness (QED) is 0.468. The minimum absolute atomic E-state index is 0.0661. The van der Waals surface area contributed by atoms with Crippen LogP contribution in [0.2, 0.25) is 0 Å². The summed E-state index contributed by atoms with van der Waals surface area (Å²) in [6, 6.07) is 0.317. The van der Waals surface area contributed by atoms with E-state index in [-0.39, 0.29) is 5.84 Å². The second-order valence-corrected chi connectivity index (χ2v) is 3.00. The van der Waals surface area contributed by atoms with E-state index in [4.69, 9.17) is 11.1 Å². The normalized spacial score (nSPS) is 10.1. The van der Waals surface area contributed by atoms with Crippen molar-refractivity contribution in [1.29, 1.82) is 5.41 Å². The van der Waals surface area contributed by atoms with E-state index in [1.54, 1.807) is 6.20 Å². The molecule has 0 aliphatic rings. The van der Waals surface area contributed by atoms with Crippen LogP contribution in [0.4, 0.5) is 5.82 Å². The second kappa shape index (κ2) is 3.84. The van der Waals surface area contributed by atoms with Crippen LogP contribution in [0.5, 0.6) is 0 Å². The molecule has 0 aliphatic carbocycles. The molecule has 0 fully saturated rings. The number of anilines is 1. The summed E-state index contributed by atoms with van der Waals surface area (Å²) in [4.78, 5) is 8.00. The summed E-state index contributed by atoms with van der Waals surface area (Å²) in [5.74, 6) is 0.628. The van der Waals surface area contributed by atoms with E-state index < -0.39 is 0 Å². The Hall–Kier alpha value is -1.65. The molecule has 0 saturated carbocycles. The molecular weight excluding hydrogens is 166 g/mol. The Labute approximate surface area is 76.9 Å². The van der Waals surface area contributed by atoms with Crippen molar-refractivity contribution >= 4 is 11.7 Å². The van der Waals surface area contributed by atoms with Gasteiger partial charge in [-0.1, -0.05) is 0 Å². The van der Waals surface area contributed by atoms with Crippen LogP contribution in [0, 0.1) is 5.41 Å². The van der Waals surface area contributed by atoms with Crippen LogP contribution >= 0.6 is 0 Å². The zero-order valence-corrected chi connectivity index (χ0v) is 7.70. The number of amidine groups is 1. The highest BCUT2D eigenvalue weighted by molar-refractivity contribution is 5.92. The van der Waals surface area contributed by atoms with Crippen molar-refractivity contribution in [3.05, 3.63) is 18.1 Å². The van der Waals surface area contributed by atoms with E-state index in [1.807, 2.05) is 13.8 Å². The molecule has 0 bridgehead atoms. The number of hydrogen-bond donors (Lipinski definition) is 3. The standard InChI is InChI=1S/C8H13N5/c1-5(2)13-7-4-11-6(3-12-7)8(9)10/h3-5H,1-2H3,(H3,9,10)(H,12,13). The molecule has 1 aromatic rings. The van der Waals surface area contributed by atoms with Gasteiger partial charge in [-0.3, -0.25) is 5.41 Å². The number of nitrogen functional groups attached to an aromatic ring is 1. The van der Waals surface area contributed by atoms with Gasteiger partial charge in [-0.25, -0.2) is 9.97 Å². The molecule has 0 atom stereocenters. The van der Waals surface area contributed by atoms with Gasteiger partial charge in [0.1, 0.15) is 17.3 Å². The summed E-state index contributed by atoms with van der Waals surface area (Å²) < 4.78 is 0. The Balaban J connectivity index is 2.75. The third kappa shape index (κ3) is 2.70. The molecule has 1 aromatic heterocycles. The smallest absolute Gasteiger partial charge is 0.144 e. The van der Waals surface area contributed by atoms with Gasteiger partial charge in [-0.2, -0.15) is 0 Å². The molecule has 0 spiro atoms. The van der Waals surface area contributed by atoms with Crippen LogP contribution in [0.15, 0.2) is 12.4 Å². The van der Waals surface area contributed by atoms with Gasteiger partial charge in [0, 0.05) is 6.04 Å². The number of aromatic nitrogens is 2. The molecule has 13 heavy (non-hydrogen) atoms. The van der Waals surface area contributed by atoms with Crippen LogP contribution in [0.25, 0.3) is 0 Å². The molecule has 5 heteroatoms. The van der Waals surface area contributed by atoms with Crippen molar-refractivity contribution in [1.82, 2.24) is 9.97 Å². The Morgan fingerprint density at radius 3 is 2.54 bits per heavy atom. The summed E-state index contributed by atoms with van der Waals surface area (Å²) in [6.45, 7) is 4.03. The number of hydrogen-bond acceptors (Lipinski definition) is 4. The summed E-state index contributed by atoms with van der Waals surface area (Å²) >= 11 is 0. The Morgan fingerprint density at radius 2 is 2.15 bits per heavy atom. The van der Waals surface area contributed by atoms with Gasteiger partial charge in [0.25, 0.3) is 0 Å². The van der Waals surface area contributed by atoms with Crippen LogP contribution in [-0.4, -0.2) is 21.8 Å². The van der Waals surface area contributed by atoms with E-state index in [0.29, 0.717) is 17.6 Å². The molecule has 0 aliphatic heterocycles. The van der Waals surface area contributed by atoms with Crippen LogP contribution in [0.1, 0.15) is 19.5 Å². The molecule has 1 heterocycles. The highest BCUT2D eigenvalue weighted by Crippen LogP contribution is 2.01. The SMILES string of the molecule is CC(C)Nc1cnc(C(=N)N)cn1. The van der Waals surface area contributed by atoms with E-state index in [2.05, 4.69) is 15.3 Å². The summed E-state index contributed by atoms with van der Waals surface area (Å²) in [7, 11) is 0. The van der Waals surface area contributed by atoms with Gasteiger partial charge in [-0.05, 0) is 13.8 Å². The van der Waals surface area contributed by atoms with Gasteiger partial charge < -0.3 is 11.1 Å². The molecule has 0 saturated heterocycles.